The van der Waals surface area contributed by atoms with E-state index < -0.39 is 10.0 Å². The van der Waals surface area contributed by atoms with Crippen molar-refractivity contribution in [3.05, 3.63) is 84.6 Å². The van der Waals surface area contributed by atoms with Crippen LogP contribution in [-0.2, 0) is 10.0 Å². The lowest BCUT2D eigenvalue weighted by molar-refractivity contribution is 0.566. The first-order valence-electron chi connectivity index (χ1n) is 9.79. The van der Waals surface area contributed by atoms with Crippen molar-refractivity contribution in [3.8, 4) is 5.69 Å². The van der Waals surface area contributed by atoms with E-state index in [1.165, 1.54) is 5.56 Å². The normalized spacial score (nSPS) is 12.7. The van der Waals surface area contributed by atoms with E-state index in [1.807, 2.05) is 48.1 Å². The summed E-state index contributed by atoms with van der Waals surface area (Å²) in [5.41, 5.74) is 4.10. The Kier molecular flexibility index (Phi) is 5.57. The van der Waals surface area contributed by atoms with Gasteiger partial charge in [-0.25, -0.2) is 17.8 Å². The summed E-state index contributed by atoms with van der Waals surface area (Å²) < 4.78 is 29.6. The average molecular weight is 421 g/mol. The highest BCUT2D eigenvalue weighted by molar-refractivity contribution is 7.89. The summed E-state index contributed by atoms with van der Waals surface area (Å²) >= 11 is 0. The molecule has 154 valence electrons. The van der Waals surface area contributed by atoms with E-state index in [1.54, 1.807) is 30.3 Å². The summed E-state index contributed by atoms with van der Waals surface area (Å²) in [6, 6.07) is 22.3. The number of hydrogen-bond acceptors (Lipinski definition) is 4. The number of hydrogen-bond donors (Lipinski definition) is 2. The second-order valence-electron chi connectivity index (χ2n) is 7.35. The largest absolute Gasteiger partial charge is 0.383 e. The zero-order valence-corrected chi connectivity index (χ0v) is 17.7. The second-order valence-corrected chi connectivity index (χ2v) is 9.06. The minimum Gasteiger partial charge on any atom is -0.383 e. The van der Waals surface area contributed by atoms with Crippen LogP contribution in [0.3, 0.4) is 0 Å². The van der Waals surface area contributed by atoms with Crippen LogP contribution < -0.4 is 10.0 Å². The summed E-state index contributed by atoms with van der Waals surface area (Å²) in [5.74, 6) is 0. The quantitative estimate of drug-likeness (QED) is 0.472. The predicted molar refractivity (Wildman–Crippen MR) is 121 cm³/mol. The maximum atomic E-state index is 12.5. The van der Waals surface area contributed by atoms with Crippen molar-refractivity contribution in [2.75, 3.05) is 11.9 Å². The number of benzene rings is 3. The van der Waals surface area contributed by atoms with Gasteiger partial charge in [-0.1, -0.05) is 42.0 Å². The Morgan fingerprint density at radius 3 is 2.43 bits per heavy atom. The van der Waals surface area contributed by atoms with Gasteiger partial charge in [-0.3, -0.25) is 0 Å². The van der Waals surface area contributed by atoms with Crippen molar-refractivity contribution in [3.63, 3.8) is 0 Å². The van der Waals surface area contributed by atoms with Crippen molar-refractivity contribution >= 4 is 26.6 Å². The van der Waals surface area contributed by atoms with Crippen LogP contribution in [0.2, 0.25) is 0 Å². The Morgan fingerprint density at radius 1 is 0.967 bits per heavy atom. The van der Waals surface area contributed by atoms with Crippen molar-refractivity contribution in [2.24, 2.45) is 0 Å². The molecule has 1 aromatic heterocycles. The van der Waals surface area contributed by atoms with Gasteiger partial charge in [0.2, 0.25) is 10.0 Å². The van der Waals surface area contributed by atoms with E-state index >= 15 is 0 Å². The van der Waals surface area contributed by atoms with E-state index in [2.05, 4.69) is 34.2 Å². The highest BCUT2D eigenvalue weighted by atomic mass is 32.2. The minimum atomic E-state index is -3.55. The van der Waals surface area contributed by atoms with Gasteiger partial charge in [0.1, 0.15) is 0 Å². The van der Waals surface area contributed by atoms with Gasteiger partial charge in [-0.05, 0) is 50.2 Å². The Balaban J connectivity index is 1.50. The van der Waals surface area contributed by atoms with Gasteiger partial charge in [0.15, 0.2) is 0 Å². The first kappa shape index (κ1) is 20.1. The monoisotopic (exact) mass is 420 g/mol. The molecule has 0 unspecified atom stereocenters. The van der Waals surface area contributed by atoms with E-state index in [0.29, 0.717) is 6.54 Å². The molecule has 0 amide bonds. The number of aryl methyl sites for hydroxylation is 1. The second kappa shape index (κ2) is 8.30. The van der Waals surface area contributed by atoms with E-state index in [9.17, 15) is 8.42 Å². The highest BCUT2D eigenvalue weighted by Crippen LogP contribution is 2.25. The lowest BCUT2D eigenvalue weighted by Gasteiger charge is -2.16. The molecule has 30 heavy (non-hydrogen) atoms. The molecule has 0 fully saturated rings. The molecule has 1 atom stereocenters. The SMILES string of the molecule is Cc1ccc(-n2ncc3c(NC[C@H](C)NS(=O)(=O)c4ccccc4)cccc32)cc1. The molecule has 3 aromatic carbocycles. The lowest BCUT2D eigenvalue weighted by Crippen LogP contribution is -2.37. The third-order valence-corrected chi connectivity index (χ3v) is 6.51. The van der Waals surface area contributed by atoms with Crippen LogP contribution in [0.1, 0.15) is 12.5 Å². The van der Waals surface area contributed by atoms with Crippen molar-refractivity contribution in [1.82, 2.24) is 14.5 Å². The van der Waals surface area contributed by atoms with Crippen molar-refractivity contribution < 1.29 is 8.42 Å². The van der Waals surface area contributed by atoms with E-state index in [0.717, 1.165) is 22.3 Å². The van der Waals surface area contributed by atoms with Gasteiger partial charge in [0.05, 0.1) is 22.3 Å². The van der Waals surface area contributed by atoms with Crippen LogP contribution >= 0.6 is 0 Å². The number of rotatable bonds is 7. The van der Waals surface area contributed by atoms with Crippen molar-refractivity contribution in [1.29, 1.82) is 0 Å². The zero-order chi connectivity index (χ0) is 21.1. The molecule has 4 rings (SSSR count). The summed E-state index contributed by atoms with van der Waals surface area (Å²) in [6.07, 6.45) is 1.83. The first-order valence-corrected chi connectivity index (χ1v) is 11.3. The number of anilines is 1. The van der Waals surface area contributed by atoms with Crippen LogP contribution in [-0.4, -0.2) is 30.8 Å². The van der Waals surface area contributed by atoms with Crippen LogP contribution in [0.25, 0.3) is 16.6 Å². The van der Waals surface area contributed by atoms with Gasteiger partial charge < -0.3 is 5.32 Å². The minimum absolute atomic E-state index is 0.262. The molecule has 6 nitrogen and oxygen atoms in total. The molecule has 0 bridgehead atoms. The predicted octanol–water partition coefficient (Wildman–Crippen LogP) is 4.11. The van der Waals surface area contributed by atoms with Gasteiger partial charge in [0, 0.05) is 23.7 Å². The maximum Gasteiger partial charge on any atom is 0.240 e. The summed E-state index contributed by atoms with van der Waals surface area (Å²) in [7, 11) is -3.55. The molecule has 2 N–H and O–H groups in total. The fraction of sp³-hybridized carbons (Fsp3) is 0.174. The number of nitrogens with one attached hydrogen (secondary N) is 2. The number of nitrogens with zero attached hydrogens (tertiary/aromatic N) is 2. The lowest BCUT2D eigenvalue weighted by atomic mass is 10.2. The van der Waals surface area contributed by atoms with Crippen LogP contribution in [0.15, 0.2) is 83.9 Å². The fourth-order valence-corrected chi connectivity index (χ4v) is 4.60. The fourth-order valence-electron chi connectivity index (χ4n) is 3.33. The smallest absolute Gasteiger partial charge is 0.240 e. The van der Waals surface area contributed by atoms with Crippen LogP contribution in [0.5, 0.6) is 0 Å². The molecule has 0 spiro atoms. The summed E-state index contributed by atoms with van der Waals surface area (Å²) in [4.78, 5) is 0.262. The van der Waals surface area contributed by atoms with Gasteiger partial charge in [0.25, 0.3) is 0 Å². The first-order chi connectivity index (χ1) is 14.4. The van der Waals surface area contributed by atoms with Gasteiger partial charge in [-0.2, -0.15) is 5.10 Å². The molecule has 0 aliphatic rings. The molecular weight excluding hydrogens is 396 g/mol. The molecule has 0 radical (unpaired) electrons. The molecule has 1 heterocycles. The van der Waals surface area contributed by atoms with Crippen LogP contribution in [0.4, 0.5) is 5.69 Å². The Labute approximate surface area is 176 Å². The summed E-state index contributed by atoms with van der Waals surface area (Å²) in [6.45, 7) is 4.34. The third kappa shape index (κ3) is 4.22. The number of aromatic nitrogens is 2. The molecule has 0 saturated carbocycles. The summed E-state index contributed by atoms with van der Waals surface area (Å²) in [5, 5.41) is 8.88. The van der Waals surface area contributed by atoms with Crippen molar-refractivity contribution in [2.45, 2.75) is 24.8 Å². The molecule has 0 aliphatic heterocycles. The molecule has 4 aromatic rings. The Hall–Kier alpha value is -3.16. The van der Waals surface area contributed by atoms with Gasteiger partial charge in [-0.15, -0.1) is 0 Å². The maximum absolute atomic E-state index is 12.5. The third-order valence-electron chi connectivity index (χ3n) is 4.90. The molecule has 0 saturated heterocycles. The number of sulfonamides is 1. The van der Waals surface area contributed by atoms with E-state index in [4.69, 9.17) is 0 Å². The number of fused-ring (bicyclic) bond motifs is 1. The van der Waals surface area contributed by atoms with Crippen LogP contribution in [0, 0.1) is 6.92 Å². The van der Waals surface area contributed by atoms with E-state index in [-0.39, 0.29) is 10.9 Å². The Bertz CT molecular complexity index is 1250. The zero-order valence-electron chi connectivity index (χ0n) is 16.9. The topological polar surface area (TPSA) is 76.0 Å². The standard InChI is InChI=1S/C23H24N4O2S/c1-17-11-13-19(14-12-17)27-23-10-6-9-22(21(23)16-25-27)24-15-18(2)26-30(28,29)20-7-4-3-5-8-20/h3-14,16,18,24,26H,15H2,1-2H3/t18-/m0/s1. The Morgan fingerprint density at radius 2 is 1.70 bits per heavy atom. The van der Waals surface area contributed by atoms with Gasteiger partial charge >= 0.3 is 0 Å². The average Bonchev–Trinajstić information content (AvgIpc) is 3.18. The molecule has 0 aliphatic carbocycles. The molecule has 7 heteroatoms. The molecular formula is C23H24N4O2S. The highest BCUT2D eigenvalue weighted by Gasteiger charge is 2.17.